The largest absolute Gasteiger partial charge is 0.480 e. The summed E-state index contributed by atoms with van der Waals surface area (Å²) in [4.78, 5) is 22.5. The molecule has 0 radical (unpaired) electrons. The van der Waals surface area contributed by atoms with Crippen LogP contribution in [0.1, 0.15) is 12.5 Å². The van der Waals surface area contributed by atoms with E-state index in [1.165, 1.54) is 6.92 Å². The maximum absolute atomic E-state index is 11.7. The smallest absolute Gasteiger partial charge is 0.328 e. The van der Waals surface area contributed by atoms with Crippen LogP contribution in [0, 0.1) is 0 Å². The van der Waals surface area contributed by atoms with Gasteiger partial charge in [-0.3, -0.25) is 0 Å². The van der Waals surface area contributed by atoms with Crippen LogP contribution in [-0.4, -0.2) is 41.5 Å². The Labute approximate surface area is 116 Å². The molecule has 0 aliphatic rings. The second kappa shape index (κ2) is 7.46. The quantitative estimate of drug-likeness (QED) is 0.617. The number of carboxylic acid groups (broad SMARTS) is 1. The van der Waals surface area contributed by atoms with Crippen molar-refractivity contribution < 1.29 is 24.5 Å². The molecule has 1 aromatic rings. The molecule has 7 nitrogen and oxygen atoms in total. The van der Waals surface area contributed by atoms with E-state index in [-0.39, 0.29) is 0 Å². The van der Waals surface area contributed by atoms with Crippen molar-refractivity contribution >= 4 is 17.7 Å². The van der Waals surface area contributed by atoms with Gasteiger partial charge in [-0.2, -0.15) is 0 Å². The van der Waals surface area contributed by atoms with Crippen LogP contribution < -0.4 is 10.6 Å². The van der Waals surface area contributed by atoms with Gasteiger partial charge >= 0.3 is 12.0 Å². The molecule has 4 N–H and O–H groups in total. The van der Waals surface area contributed by atoms with Crippen molar-refractivity contribution in [3.05, 3.63) is 29.8 Å². The van der Waals surface area contributed by atoms with Crippen molar-refractivity contribution in [2.45, 2.75) is 25.7 Å². The highest BCUT2D eigenvalue weighted by Crippen LogP contribution is 2.11. The van der Waals surface area contributed by atoms with E-state index < -0.39 is 24.1 Å². The lowest BCUT2D eigenvalue weighted by Crippen LogP contribution is -2.49. The SMILES string of the molecule is COCc1cccc(NC(=O)N[C@H](C(=O)O)[C@@H](C)O)c1. The number of anilines is 1. The molecular formula is C13H18N2O5. The summed E-state index contributed by atoms with van der Waals surface area (Å²) in [5.74, 6) is -1.30. The van der Waals surface area contributed by atoms with E-state index in [9.17, 15) is 14.7 Å². The molecule has 0 aliphatic carbocycles. The molecule has 0 fully saturated rings. The molecule has 7 heteroatoms. The van der Waals surface area contributed by atoms with E-state index in [4.69, 9.17) is 9.84 Å². The molecule has 20 heavy (non-hydrogen) atoms. The van der Waals surface area contributed by atoms with Gasteiger partial charge < -0.3 is 25.6 Å². The van der Waals surface area contributed by atoms with Crippen LogP contribution in [0.25, 0.3) is 0 Å². The molecule has 2 atom stereocenters. The highest BCUT2D eigenvalue weighted by atomic mass is 16.5. The Morgan fingerprint density at radius 3 is 2.65 bits per heavy atom. The van der Waals surface area contributed by atoms with Gasteiger partial charge in [0.1, 0.15) is 0 Å². The minimum Gasteiger partial charge on any atom is -0.480 e. The van der Waals surface area contributed by atoms with Crippen LogP contribution >= 0.6 is 0 Å². The number of amides is 2. The standard InChI is InChI=1S/C13H18N2O5/c1-8(16)11(12(17)18)15-13(19)14-10-5-3-4-9(6-10)7-20-2/h3-6,8,11,16H,7H2,1-2H3,(H,17,18)(H2,14,15,19)/t8-,11+/m1/s1. The second-order valence-electron chi connectivity index (χ2n) is 4.29. The number of benzene rings is 1. The molecular weight excluding hydrogens is 264 g/mol. The Morgan fingerprint density at radius 2 is 2.10 bits per heavy atom. The summed E-state index contributed by atoms with van der Waals surface area (Å²) >= 11 is 0. The van der Waals surface area contributed by atoms with Crippen molar-refractivity contribution in [1.29, 1.82) is 0 Å². The molecule has 0 saturated carbocycles. The lowest BCUT2D eigenvalue weighted by molar-refractivity contribution is -0.141. The van der Waals surface area contributed by atoms with Gasteiger partial charge in [0.25, 0.3) is 0 Å². The van der Waals surface area contributed by atoms with E-state index >= 15 is 0 Å². The van der Waals surface area contributed by atoms with E-state index in [0.29, 0.717) is 12.3 Å². The molecule has 0 heterocycles. The Morgan fingerprint density at radius 1 is 1.40 bits per heavy atom. The normalized spacial score (nSPS) is 13.3. The molecule has 0 aromatic heterocycles. The highest BCUT2D eigenvalue weighted by molar-refractivity contribution is 5.92. The fourth-order valence-electron chi connectivity index (χ4n) is 1.60. The third kappa shape index (κ3) is 4.87. The van der Waals surface area contributed by atoms with E-state index in [1.807, 2.05) is 6.07 Å². The lowest BCUT2D eigenvalue weighted by Gasteiger charge is -2.17. The summed E-state index contributed by atoms with van der Waals surface area (Å²) in [5.41, 5.74) is 1.38. The zero-order valence-electron chi connectivity index (χ0n) is 11.3. The van der Waals surface area contributed by atoms with Crippen LogP contribution in [0.15, 0.2) is 24.3 Å². The lowest BCUT2D eigenvalue weighted by atomic mass is 10.2. The summed E-state index contributed by atoms with van der Waals surface area (Å²) in [6.07, 6.45) is -1.20. The first-order chi connectivity index (χ1) is 9.43. The summed E-state index contributed by atoms with van der Waals surface area (Å²) in [7, 11) is 1.56. The van der Waals surface area contributed by atoms with Crippen molar-refractivity contribution in [3.63, 3.8) is 0 Å². The van der Waals surface area contributed by atoms with Crippen LogP contribution in [0.3, 0.4) is 0 Å². The van der Waals surface area contributed by atoms with Gasteiger partial charge in [0.05, 0.1) is 12.7 Å². The number of aliphatic hydroxyl groups excluding tert-OH is 1. The molecule has 110 valence electrons. The average molecular weight is 282 g/mol. The summed E-state index contributed by atoms with van der Waals surface area (Å²) in [5, 5.41) is 22.8. The number of urea groups is 1. The van der Waals surface area contributed by atoms with E-state index in [2.05, 4.69) is 10.6 Å². The molecule has 0 saturated heterocycles. The predicted molar refractivity (Wildman–Crippen MR) is 72.4 cm³/mol. The number of carbonyl (C=O) groups is 2. The van der Waals surface area contributed by atoms with Crippen LogP contribution in [0.2, 0.25) is 0 Å². The number of methoxy groups -OCH3 is 1. The monoisotopic (exact) mass is 282 g/mol. The number of hydrogen-bond acceptors (Lipinski definition) is 4. The number of nitrogens with one attached hydrogen (secondary N) is 2. The van der Waals surface area contributed by atoms with E-state index in [1.54, 1.807) is 25.3 Å². The minimum atomic E-state index is -1.36. The van der Waals surface area contributed by atoms with Gasteiger partial charge in [0.15, 0.2) is 6.04 Å². The van der Waals surface area contributed by atoms with Gasteiger partial charge in [-0.25, -0.2) is 9.59 Å². The summed E-state index contributed by atoms with van der Waals surface area (Å²) in [6, 6.07) is 4.89. The van der Waals surface area contributed by atoms with E-state index in [0.717, 1.165) is 5.56 Å². The van der Waals surface area contributed by atoms with Crippen molar-refractivity contribution in [1.82, 2.24) is 5.32 Å². The number of rotatable bonds is 6. The van der Waals surface area contributed by atoms with Crippen molar-refractivity contribution in [2.24, 2.45) is 0 Å². The number of aliphatic carboxylic acids is 1. The van der Waals surface area contributed by atoms with Gasteiger partial charge in [0.2, 0.25) is 0 Å². The molecule has 0 aliphatic heterocycles. The average Bonchev–Trinajstić information content (AvgIpc) is 2.36. The fourth-order valence-corrected chi connectivity index (χ4v) is 1.60. The molecule has 1 rings (SSSR count). The predicted octanol–water partition coefficient (Wildman–Crippen LogP) is 0.788. The zero-order valence-corrected chi connectivity index (χ0v) is 11.3. The first kappa shape index (κ1) is 15.9. The molecule has 0 spiro atoms. The number of carboxylic acids is 1. The molecule has 2 amide bonds. The van der Waals surface area contributed by atoms with Crippen molar-refractivity contribution in [3.8, 4) is 0 Å². The molecule has 0 unspecified atom stereocenters. The number of aliphatic hydroxyl groups is 1. The summed E-state index contributed by atoms with van der Waals surface area (Å²) in [6.45, 7) is 1.70. The number of carbonyl (C=O) groups excluding carboxylic acids is 1. The minimum absolute atomic E-state index is 0.405. The Bertz CT molecular complexity index is 476. The van der Waals surface area contributed by atoms with Crippen LogP contribution in [0.4, 0.5) is 10.5 Å². The second-order valence-corrected chi connectivity index (χ2v) is 4.29. The maximum Gasteiger partial charge on any atom is 0.328 e. The van der Waals surface area contributed by atoms with Crippen molar-refractivity contribution in [2.75, 3.05) is 12.4 Å². The first-order valence-electron chi connectivity index (χ1n) is 6.00. The molecule has 1 aromatic carbocycles. The third-order valence-electron chi connectivity index (χ3n) is 2.53. The Kier molecular flexibility index (Phi) is 5.95. The molecule has 0 bridgehead atoms. The fraction of sp³-hybridized carbons (Fsp3) is 0.385. The van der Waals surface area contributed by atoms with Crippen LogP contribution in [-0.2, 0) is 16.1 Å². The Hall–Kier alpha value is -2.12. The maximum atomic E-state index is 11.7. The Balaban J connectivity index is 2.66. The zero-order chi connectivity index (χ0) is 15.1. The third-order valence-corrected chi connectivity index (χ3v) is 2.53. The highest BCUT2D eigenvalue weighted by Gasteiger charge is 2.24. The van der Waals surface area contributed by atoms with Gasteiger partial charge in [0, 0.05) is 12.8 Å². The van der Waals surface area contributed by atoms with Crippen LogP contribution in [0.5, 0.6) is 0 Å². The topological polar surface area (TPSA) is 108 Å². The first-order valence-corrected chi connectivity index (χ1v) is 6.00. The summed E-state index contributed by atoms with van der Waals surface area (Å²) < 4.78 is 4.98. The van der Waals surface area contributed by atoms with Gasteiger partial charge in [-0.15, -0.1) is 0 Å². The van der Waals surface area contributed by atoms with Gasteiger partial charge in [-0.1, -0.05) is 12.1 Å². The number of hydrogen-bond donors (Lipinski definition) is 4. The number of ether oxygens (including phenoxy) is 1. The van der Waals surface area contributed by atoms with Gasteiger partial charge in [-0.05, 0) is 24.6 Å².